The monoisotopic (exact) mass is 254 g/mol. The van der Waals surface area contributed by atoms with E-state index in [4.69, 9.17) is 11.6 Å². The van der Waals surface area contributed by atoms with E-state index >= 15 is 0 Å². The van der Waals surface area contributed by atoms with Crippen molar-refractivity contribution in [1.82, 2.24) is 9.13 Å². The van der Waals surface area contributed by atoms with Crippen molar-refractivity contribution in [3.63, 3.8) is 0 Å². The van der Waals surface area contributed by atoms with Crippen LogP contribution in [-0.4, -0.2) is 9.13 Å². The number of nitrogens with zero attached hydrogens (tertiary/aromatic N) is 2. The molecule has 0 aliphatic heterocycles. The summed E-state index contributed by atoms with van der Waals surface area (Å²) in [6, 6.07) is 5.14. The maximum absolute atomic E-state index is 13.0. The Labute approximate surface area is 101 Å². The molecule has 17 heavy (non-hydrogen) atoms. The van der Waals surface area contributed by atoms with E-state index in [-0.39, 0.29) is 5.02 Å². The summed E-state index contributed by atoms with van der Waals surface area (Å²) < 4.78 is 15.2. The van der Waals surface area contributed by atoms with Gasteiger partial charge >= 0.3 is 5.69 Å². The van der Waals surface area contributed by atoms with E-state index in [1.807, 2.05) is 0 Å². The molecule has 0 amide bonds. The van der Waals surface area contributed by atoms with Gasteiger partial charge in [-0.2, -0.15) is 0 Å². The molecule has 0 fully saturated rings. The van der Waals surface area contributed by atoms with E-state index in [9.17, 15) is 14.0 Å². The molecule has 0 atom stereocenters. The van der Waals surface area contributed by atoms with Crippen molar-refractivity contribution in [1.29, 1.82) is 0 Å². The summed E-state index contributed by atoms with van der Waals surface area (Å²) >= 11 is 5.63. The summed E-state index contributed by atoms with van der Waals surface area (Å²) in [6.07, 6.45) is 1.33. The van der Waals surface area contributed by atoms with Gasteiger partial charge in [0.05, 0.1) is 10.7 Å². The molecule has 0 saturated carbocycles. The lowest BCUT2D eigenvalue weighted by atomic mass is 10.3. The second-order valence-corrected chi connectivity index (χ2v) is 3.87. The second kappa shape index (κ2) is 4.18. The maximum atomic E-state index is 13.0. The van der Waals surface area contributed by atoms with E-state index in [1.165, 1.54) is 36.0 Å². The van der Waals surface area contributed by atoms with Gasteiger partial charge in [-0.15, -0.1) is 0 Å². The van der Waals surface area contributed by atoms with Gasteiger partial charge in [0, 0.05) is 19.3 Å². The van der Waals surface area contributed by atoms with Gasteiger partial charge in [0.1, 0.15) is 5.82 Å². The van der Waals surface area contributed by atoms with Crippen molar-refractivity contribution >= 4 is 11.6 Å². The highest BCUT2D eigenvalue weighted by Crippen LogP contribution is 2.17. The Bertz CT molecular complexity index is 691. The molecule has 1 aromatic carbocycles. The van der Waals surface area contributed by atoms with Crippen LogP contribution in [0.2, 0.25) is 5.02 Å². The highest BCUT2D eigenvalue weighted by Gasteiger charge is 2.06. The molecule has 88 valence electrons. The molecule has 1 aromatic heterocycles. The van der Waals surface area contributed by atoms with Crippen LogP contribution >= 0.6 is 11.6 Å². The van der Waals surface area contributed by atoms with Crippen LogP contribution < -0.4 is 11.2 Å². The number of rotatable bonds is 1. The van der Waals surface area contributed by atoms with Crippen LogP contribution in [0.1, 0.15) is 0 Å². The van der Waals surface area contributed by atoms with Crippen LogP contribution in [0, 0.1) is 5.82 Å². The van der Waals surface area contributed by atoms with E-state index < -0.39 is 17.1 Å². The van der Waals surface area contributed by atoms with E-state index in [0.29, 0.717) is 5.69 Å². The molecule has 6 heteroatoms. The smallest absolute Gasteiger partial charge is 0.269 e. The van der Waals surface area contributed by atoms with Gasteiger partial charge in [0.2, 0.25) is 0 Å². The Morgan fingerprint density at radius 1 is 1.24 bits per heavy atom. The fourth-order valence-electron chi connectivity index (χ4n) is 1.40. The first-order valence-corrected chi connectivity index (χ1v) is 5.12. The predicted molar refractivity (Wildman–Crippen MR) is 62.2 cm³/mol. The highest BCUT2D eigenvalue weighted by atomic mass is 35.5. The zero-order valence-corrected chi connectivity index (χ0v) is 9.61. The first-order chi connectivity index (χ1) is 8.00. The molecule has 0 unspecified atom stereocenters. The van der Waals surface area contributed by atoms with Gasteiger partial charge in [0.15, 0.2) is 0 Å². The van der Waals surface area contributed by atoms with E-state index in [2.05, 4.69) is 0 Å². The molecule has 0 N–H and O–H groups in total. The molecule has 0 radical (unpaired) electrons. The molecule has 0 aliphatic rings. The molecular formula is C11H8ClFN2O2. The SMILES string of the molecule is Cn1c(=O)ccn(-c2ccc(F)c(Cl)c2)c1=O. The lowest BCUT2D eigenvalue weighted by Gasteiger charge is -2.07. The third kappa shape index (κ3) is 2.01. The number of aromatic nitrogens is 2. The molecule has 1 heterocycles. The second-order valence-electron chi connectivity index (χ2n) is 3.46. The van der Waals surface area contributed by atoms with Crippen LogP contribution in [0.4, 0.5) is 4.39 Å². The third-order valence-corrected chi connectivity index (χ3v) is 2.66. The maximum Gasteiger partial charge on any atom is 0.335 e. The number of halogens is 2. The molecular weight excluding hydrogens is 247 g/mol. The normalized spacial score (nSPS) is 10.5. The zero-order chi connectivity index (χ0) is 12.6. The quantitative estimate of drug-likeness (QED) is 0.771. The van der Waals surface area contributed by atoms with Crippen LogP contribution in [0.25, 0.3) is 5.69 Å². The number of hydrogen-bond acceptors (Lipinski definition) is 2. The summed E-state index contributed by atoms with van der Waals surface area (Å²) in [5.41, 5.74) is -0.517. The minimum atomic E-state index is -0.562. The Hall–Kier alpha value is -1.88. The lowest BCUT2D eigenvalue weighted by Crippen LogP contribution is -2.36. The van der Waals surface area contributed by atoms with Crippen molar-refractivity contribution in [2.24, 2.45) is 7.05 Å². The number of benzene rings is 1. The van der Waals surface area contributed by atoms with Crippen molar-refractivity contribution in [2.75, 3.05) is 0 Å². The van der Waals surface area contributed by atoms with Crippen molar-refractivity contribution in [3.8, 4) is 5.69 Å². The van der Waals surface area contributed by atoms with E-state index in [0.717, 1.165) is 10.6 Å². The lowest BCUT2D eigenvalue weighted by molar-refractivity contribution is 0.627. The van der Waals surface area contributed by atoms with Crippen molar-refractivity contribution in [2.45, 2.75) is 0 Å². The van der Waals surface area contributed by atoms with Crippen LogP contribution in [0.5, 0.6) is 0 Å². The summed E-state index contributed by atoms with van der Waals surface area (Å²) in [5, 5.41) is -0.0803. The molecule has 2 aromatic rings. The van der Waals surface area contributed by atoms with Gasteiger partial charge in [0.25, 0.3) is 5.56 Å². The average Bonchev–Trinajstić information content (AvgIpc) is 2.30. The van der Waals surface area contributed by atoms with Crippen LogP contribution in [-0.2, 0) is 7.05 Å². The average molecular weight is 255 g/mol. The van der Waals surface area contributed by atoms with Gasteiger partial charge in [-0.25, -0.2) is 9.18 Å². The van der Waals surface area contributed by atoms with Crippen LogP contribution in [0.3, 0.4) is 0 Å². The first kappa shape index (κ1) is 11.6. The largest absolute Gasteiger partial charge is 0.335 e. The van der Waals surface area contributed by atoms with Crippen molar-refractivity contribution in [3.05, 3.63) is 62.1 Å². The van der Waals surface area contributed by atoms with Gasteiger partial charge in [-0.05, 0) is 18.2 Å². The molecule has 0 aliphatic carbocycles. The Morgan fingerprint density at radius 2 is 1.94 bits per heavy atom. The Balaban J connectivity index is 2.69. The molecule has 0 spiro atoms. The van der Waals surface area contributed by atoms with E-state index in [1.54, 1.807) is 0 Å². The Morgan fingerprint density at radius 3 is 2.59 bits per heavy atom. The third-order valence-electron chi connectivity index (χ3n) is 2.37. The van der Waals surface area contributed by atoms with Gasteiger partial charge in [-0.1, -0.05) is 11.6 Å². The molecule has 0 saturated heterocycles. The molecule has 2 rings (SSSR count). The Kier molecular flexibility index (Phi) is 2.85. The number of hydrogen-bond donors (Lipinski definition) is 0. The zero-order valence-electron chi connectivity index (χ0n) is 8.85. The highest BCUT2D eigenvalue weighted by molar-refractivity contribution is 6.30. The first-order valence-electron chi connectivity index (χ1n) is 4.75. The fourth-order valence-corrected chi connectivity index (χ4v) is 1.58. The standard InChI is InChI=1S/C11H8ClFN2O2/c1-14-10(16)4-5-15(11(14)17)7-2-3-9(13)8(12)6-7/h2-6H,1H3. The predicted octanol–water partition coefficient (Wildman–Crippen LogP) is 1.33. The summed E-state index contributed by atoms with van der Waals surface area (Å²) in [7, 11) is 1.37. The molecule has 0 bridgehead atoms. The topological polar surface area (TPSA) is 44.0 Å². The van der Waals surface area contributed by atoms with Crippen LogP contribution in [0.15, 0.2) is 40.1 Å². The van der Waals surface area contributed by atoms with Gasteiger partial charge in [-0.3, -0.25) is 13.9 Å². The summed E-state index contributed by atoms with van der Waals surface area (Å²) in [5.74, 6) is -0.562. The fraction of sp³-hybridized carbons (Fsp3) is 0.0909. The van der Waals surface area contributed by atoms with Crippen molar-refractivity contribution < 1.29 is 4.39 Å². The minimum Gasteiger partial charge on any atom is -0.269 e. The summed E-state index contributed by atoms with van der Waals surface area (Å²) in [6.45, 7) is 0. The summed E-state index contributed by atoms with van der Waals surface area (Å²) in [4.78, 5) is 23.0. The molecule has 4 nitrogen and oxygen atoms in total. The minimum absolute atomic E-state index is 0.0803. The van der Waals surface area contributed by atoms with Gasteiger partial charge < -0.3 is 0 Å².